The van der Waals surface area contributed by atoms with Crippen LogP contribution >= 0.6 is 11.8 Å². The molecule has 0 fully saturated rings. The van der Waals surface area contributed by atoms with Crippen LogP contribution in [0, 0.1) is 0 Å². The van der Waals surface area contributed by atoms with Gasteiger partial charge >= 0.3 is 0 Å². The van der Waals surface area contributed by atoms with E-state index in [1.54, 1.807) is 6.92 Å². The molecule has 2 N–H and O–H groups in total. The van der Waals surface area contributed by atoms with Gasteiger partial charge in [0.2, 0.25) is 5.91 Å². The number of benzene rings is 2. The van der Waals surface area contributed by atoms with Crippen LogP contribution in [0.3, 0.4) is 0 Å². The van der Waals surface area contributed by atoms with Crippen LogP contribution < -0.4 is 5.73 Å². The Kier molecular flexibility index (Phi) is 4.48. The molecule has 0 aliphatic rings. The molecule has 0 aliphatic heterocycles. The summed E-state index contributed by atoms with van der Waals surface area (Å²) in [5.74, 6) is 0.298. The molecule has 1 atom stereocenters. The first-order chi connectivity index (χ1) is 11.1. The predicted molar refractivity (Wildman–Crippen MR) is 91.9 cm³/mol. The Labute approximate surface area is 138 Å². The molecular weight excluding hydrogens is 308 g/mol. The molecule has 116 valence electrons. The second-order valence-corrected chi connectivity index (χ2v) is 6.34. The van der Waals surface area contributed by atoms with Gasteiger partial charge in [0.15, 0.2) is 5.76 Å². The number of nitrogens with zero attached hydrogens (tertiary/aromatic N) is 1. The molecule has 1 aromatic heterocycles. The lowest BCUT2D eigenvalue weighted by Gasteiger charge is -2.01. The van der Waals surface area contributed by atoms with E-state index in [9.17, 15) is 4.79 Å². The van der Waals surface area contributed by atoms with Crippen LogP contribution in [0.25, 0.3) is 22.6 Å². The first-order valence-corrected chi connectivity index (χ1v) is 8.11. The molecule has 0 radical (unpaired) electrons. The molecule has 5 heteroatoms. The Morgan fingerprint density at radius 1 is 1.04 bits per heavy atom. The summed E-state index contributed by atoms with van der Waals surface area (Å²) in [4.78, 5) is 15.8. The zero-order chi connectivity index (χ0) is 16.2. The van der Waals surface area contributed by atoms with E-state index in [2.05, 4.69) is 4.98 Å². The van der Waals surface area contributed by atoms with Gasteiger partial charge in [-0.15, -0.1) is 0 Å². The Morgan fingerprint density at radius 2 is 1.61 bits per heavy atom. The number of carbonyl (C=O) groups is 1. The highest BCUT2D eigenvalue weighted by molar-refractivity contribution is 8.00. The third-order valence-corrected chi connectivity index (χ3v) is 4.33. The van der Waals surface area contributed by atoms with Crippen molar-refractivity contribution in [2.24, 2.45) is 5.73 Å². The molecule has 1 heterocycles. The van der Waals surface area contributed by atoms with E-state index in [-0.39, 0.29) is 0 Å². The normalized spacial score (nSPS) is 12.0. The highest BCUT2D eigenvalue weighted by Gasteiger charge is 2.20. The molecule has 0 saturated heterocycles. The number of nitrogens with two attached hydrogens (primary N) is 1. The SMILES string of the molecule is C[C@H](Sc1nc(-c2ccccc2)c(-c2ccccc2)o1)C(N)=O. The average Bonchev–Trinajstić information content (AvgIpc) is 3.00. The van der Waals surface area contributed by atoms with Crippen LogP contribution in [0.5, 0.6) is 0 Å². The summed E-state index contributed by atoms with van der Waals surface area (Å²) in [6.45, 7) is 1.74. The van der Waals surface area contributed by atoms with Crippen molar-refractivity contribution in [1.82, 2.24) is 4.98 Å². The Bertz CT molecular complexity index is 743. The van der Waals surface area contributed by atoms with Crippen molar-refractivity contribution < 1.29 is 9.21 Å². The van der Waals surface area contributed by atoms with E-state index in [0.717, 1.165) is 16.8 Å². The number of primary amides is 1. The van der Waals surface area contributed by atoms with Crippen molar-refractivity contribution in [2.75, 3.05) is 0 Å². The van der Waals surface area contributed by atoms with Gasteiger partial charge in [0.05, 0.1) is 5.25 Å². The fourth-order valence-corrected chi connectivity index (χ4v) is 2.83. The molecule has 4 nitrogen and oxygen atoms in total. The molecule has 1 amide bonds. The Balaban J connectivity index is 2.06. The van der Waals surface area contributed by atoms with Crippen LogP contribution in [-0.2, 0) is 4.79 Å². The maximum Gasteiger partial charge on any atom is 0.257 e. The van der Waals surface area contributed by atoms with Crippen LogP contribution in [0.4, 0.5) is 0 Å². The highest BCUT2D eigenvalue weighted by atomic mass is 32.2. The number of rotatable bonds is 5. The largest absolute Gasteiger partial charge is 0.431 e. The van der Waals surface area contributed by atoms with Gasteiger partial charge in [-0.2, -0.15) is 0 Å². The molecule has 0 spiro atoms. The monoisotopic (exact) mass is 324 g/mol. The maximum absolute atomic E-state index is 11.3. The number of carbonyl (C=O) groups excluding carboxylic acids is 1. The van der Waals surface area contributed by atoms with Gasteiger partial charge in [-0.3, -0.25) is 4.79 Å². The summed E-state index contributed by atoms with van der Waals surface area (Å²) in [5.41, 5.74) is 7.99. The number of amides is 1. The minimum Gasteiger partial charge on any atom is -0.431 e. The van der Waals surface area contributed by atoms with Crippen molar-refractivity contribution in [2.45, 2.75) is 17.4 Å². The fraction of sp³-hybridized carbons (Fsp3) is 0.111. The quantitative estimate of drug-likeness (QED) is 0.721. The van der Waals surface area contributed by atoms with Crippen molar-refractivity contribution in [3.63, 3.8) is 0 Å². The summed E-state index contributed by atoms with van der Waals surface area (Å²) in [6.07, 6.45) is 0. The maximum atomic E-state index is 11.3. The van der Waals surface area contributed by atoms with E-state index in [1.807, 2.05) is 60.7 Å². The predicted octanol–water partition coefficient (Wildman–Crippen LogP) is 3.97. The van der Waals surface area contributed by atoms with Crippen molar-refractivity contribution >= 4 is 17.7 Å². The number of hydrogen-bond acceptors (Lipinski definition) is 4. The van der Waals surface area contributed by atoms with Crippen LogP contribution in [0.1, 0.15) is 6.92 Å². The zero-order valence-electron chi connectivity index (χ0n) is 12.6. The summed E-state index contributed by atoms with van der Waals surface area (Å²) in [6, 6.07) is 19.6. The van der Waals surface area contributed by atoms with Crippen LogP contribution in [0.15, 0.2) is 70.3 Å². The van der Waals surface area contributed by atoms with Crippen LogP contribution in [-0.4, -0.2) is 16.1 Å². The lowest BCUT2D eigenvalue weighted by Crippen LogP contribution is -2.22. The fourth-order valence-electron chi connectivity index (χ4n) is 2.14. The lowest BCUT2D eigenvalue weighted by molar-refractivity contribution is -0.117. The Hall–Kier alpha value is -2.53. The molecule has 0 aliphatic carbocycles. The zero-order valence-corrected chi connectivity index (χ0v) is 13.4. The van der Waals surface area contributed by atoms with Gasteiger partial charge in [-0.25, -0.2) is 4.98 Å². The Morgan fingerprint density at radius 3 is 2.17 bits per heavy atom. The average molecular weight is 324 g/mol. The molecular formula is C18H16N2O2S. The van der Waals surface area contributed by atoms with E-state index in [1.165, 1.54) is 11.8 Å². The summed E-state index contributed by atoms with van der Waals surface area (Å²) >= 11 is 1.22. The van der Waals surface area contributed by atoms with Gasteiger partial charge < -0.3 is 10.2 Å². The van der Waals surface area contributed by atoms with Gasteiger partial charge in [-0.05, 0) is 6.92 Å². The molecule has 0 saturated carbocycles. The number of hydrogen-bond donors (Lipinski definition) is 1. The first-order valence-electron chi connectivity index (χ1n) is 7.23. The number of oxazole rings is 1. The van der Waals surface area contributed by atoms with Crippen molar-refractivity contribution in [3.05, 3.63) is 60.7 Å². The number of aromatic nitrogens is 1. The van der Waals surface area contributed by atoms with Gasteiger partial charge in [0.25, 0.3) is 5.22 Å². The molecule has 3 rings (SSSR count). The topological polar surface area (TPSA) is 69.1 Å². The third-order valence-electron chi connectivity index (χ3n) is 3.37. The highest BCUT2D eigenvalue weighted by Crippen LogP contribution is 2.36. The van der Waals surface area contributed by atoms with Gasteiger partial charge in [-0.1, -0.05) is 72.4 Å². The van der Waals surface area contributed by atoms with E-state index in [4.69, 9.17) is 10.2 Å². The van der Waals surface area contributed by atoms with Crippen molar-refractivity contribution in [3.8, 4) is 22.6 Å². The second-order valence-electron chi connectivity index (χ2n) is 5.05. The summed E-state index contributed by atoms with van der Waals surface area (Å²) in [7, 11) is 0. The van der Waals surface area contributed by atoms with E-state index < -0.39 is 11.2 Å². The first kappa shape index (κ1) is 15.4. The van der Waals surface area contributed by atoms with Gasteiger partial charge in [0.1, 0.15) is 5.69 Å². The lowest BCUT2D eigenvalue weighted by atomic mass is 10.1. The van der Waals surface area contributed by atoms with E-state index in [0.29, 0.717) is 11.0 Å². The molecule has 0 bridgehead atoms. The second kappa shape index (κ2) is 6.71. The minimum atomic E-state index is -0.402. The molecule has 23 heavy (non-hydrogen) atoms. The smallest absolute Gasteiger partial charge is 0.257 e. The van der Waals surface area contributed by atoms with Gasteiger partial charge in [0, 0.05) is 11.1 Å². The minimum absolute atomic E-state index is 0.393. The summed E-state index contributed by atoms with van der Waals surface area (Å²) in [5, 5.41) is 0.0369. The molecule has 3 aromatic rings. The van der Waals surface area contributed by atoms with E-state index >= 15 is 0 Å². The molecule has 2 aromatic carbocycles. The number of thioether (sulfide) groups is 1. The molecule has 0 unspecified atom stereocenters. The van der Waals surface area contributed by atoms with Crippen LogP contribution in [0.2, 0.25) is 0 Å². The standard InChI is InChI=1S/C18H16N2O2S/c1-12(17(19)21)23-18-20-15(13-8-4-2-5-9-13)16(22-18)14-10-6-3-7-11-14/h2-12H,1H3,(H2,19,21)/t12-/m0/s1. The van der Waals surface area contributed by atoms with Crippen molar-refractivity contribution in [1.29, 1.82) is 0 Å². The third kappa shape index (κ3) is 3.46. The summed E-state index contributed by atoms with van der Waals surface area (Å²) < 4.78 is 5.92.